The van der Waals surface area contributed by atoms with E-state index in [1.165, 1.54) is 83.0 Å². The Hall–Kier alpha value is -0.730. The molecule has 0 heterocycles. The van der Waals surface area contributed by atoms with Crippen molar-refractivity contribution < 1.29 is 4.58 Å². The highest BCUT2D eigenvalue weighted by Gasteiger charge is 2.06. The van der Waals surface area contributed by atoms with Crippen molar-refractivity contribution in [2.24, 2.45) is 0 Å². The van der Waals surface area contributed by atoms with Crippen molar-refractivity contribution in [1.82, 2.24) is 10.6 Å². The summed E-state index contributed by atoms with van der Waals surface area (Å²) in [5.74, 6) is 1.18. The molecule has 0 fully saturated rings. The van der Waals surface area contributed by atoms with Gasteiger partial charge in [0.1, 0.15) is 0 Å². The van der Waals surface area contributed by atoms with E-state index in [1.54, 1.807) is 0 Å². The largest absolute Gasteiger partial charge is 0.345 e. The lowest BCUT2D eigenvalue weighted by Gasteiger charge is -2.09. The normalized spacial score (nSPS) is 10.5. The number of hydrogen-bond donors (Lipinski definition) is 2. The molecule has 0 aliphatic heterocycles. The molecule has 0 atom stereocenters. The second-order valence-electron chi connectivity index (χ2n) is 6.63. The van der Waals surface area contributed by atoms with Crippen LogP contribution in [0.2, 0.25) is 0 Å². The summed E-state index contributed by atoms with van der Waals surface area (Å²) in [5, 5.41) is 7.11. The lowest BCUT2D eigenvalue weighted by Crippen LogP contribution is -2.43. The van der Waals surface area contributed by atoms with E-state index in [0.29, 0.717) is 0 Å². The van der Waals surface area contributed by atoms with Crippen molar-refractivity contribution in [1.29, 1.82) is 0 Å². The minimum absolute atomic E-state index is 1.09. The number of hydrogen-bond acceptors (Lipinski definition) is 0. The predicted molar refractivity (Wildman–Crippen MR) is 99.9 cm³/mol. The highest BCUT2D eigenvalue weighted by molar-refractivity contribution is 5.74. The quantitative estimate of drug-likeness (QED) is 0.214. The molecule has 0 spiro atoms. The van der Waals surface area contributed by atoms with Crippen LogP contribution in [0.5, 0.6) is 0 Å². The molecule has 2 N–H and O–H groups in total. The van der Waals surface area contributed by atoms with E-state index in [4.69, 9.17) is 0 Å². The van der Waals surface area contributed by atoms with E-state index >= 15 is 0 Å². The summed E-state index contributed by atoms with van der Waals surface area (Å²) in [6, 6.07) is 0. The van der Waals surface area contributed by atoms with E-state index in [9.17, 15) is 0 Å². The smallest absolute Gasteiger partial charge is 0.278 e. The van der Waals surface area contributed by atoms with Crippen LogP contribution in [0.3, 0.4) is 0 Å². The maximum absolute atomic E-state index is 3.55. The molecule has 0 aromatic rings. The van der Waals surface area contributed by atoms with Crippen LogP contribution in [0, 0.1) is 0 Å². The van der Waals surface area contributed by atoms with E-state index in [-0.39, 0.29) is 0 Å². The molecule has 0 saturated carbocycles. The third-order valence-electron chi connectivity index (χ3n) is 4.09. The molecule has 0 bridgehead atoms. The maximum atomic E-state index is 3.55. The fourth-order valence-corrected chi connectivity index (χ4v) is 2.60. The van der Waals surface area contributed by atoms with Gasteiger partial charge in [0.25, 0.3) is 0 Å². The van der Waals surface area contributed by atoms with E-state index < -0.39 is 0 Å². The average molecular weight is 313 g/mol. The molecule has 0 aromatic carbocycles. The van der Waals surface area contributed by atoms with Gasteiger partial charge in [0.15, 0.2) is 0 Å². The van der Waals surface area contributed by atoms with Gasteiger partial charge in [-0.05, 0) is 12.8 Å². The van der Waals surface area contributed by atoms with Crippen molar-refractivity contribution in [3.05, 3.63) is 0 Å². The first-order valence-electron chi connectivity index (χ1n) is 9.74. The van der Waals surface area contributed by atoms with Crippen LogP contribution in [0.25, 0.3) is 0 Å². The zero-order valence-electron chi connectivity index (χ0n) is 15.8. The molecule has 0 rings (SSSR count). The molecule has 3 nitrogen and oxygen atoms in total. The Morgan fingerprint density at radius 3 is 1.32 bits per heavy atom. The lowest BCUT2D eigenvalue weighted by molar-refractivity contribution is -0.469. The van der Waals surface area contributed by atoms with Gasteiger partial charge in [0.05, 0.1) is 27.2 Å². The fraction of sp³-hybridized carbons (Fsp3) is 0.947. The number of nitrogens with one attached hydrogen (secondary N) is 2. The number of guanidine groups is 1. The monoisotopic (exact) mass is 312 g/mol. The second-order valence-corrected chi connectivity index (χ2v) is 6.63. The fourth-order valence-electron chi connectivity index (χ4n) is 2.60. The zero-order valence-corrected chi connectivity index (χ0v) is 15.8. The summed E-state index contributed by atoms with van der Waals surface area (Å²) in [7, 11) is 4.22. The van der Waals surface area contributed by atoms with Crippen LogP contribution in [0.1, 0.15) is 90.9 Å². The van der Waals surface area contributed by atoms with Gasteiger partial charge in [-0.15, -0.1) is 0 Å². The summed E-state index contributed by atoms with van der Waals surface area (Å²) in [4.78, 5) is 0. The zero-order chi connectivity index (χ0) is 16.5. The Kier molecular flexibility index (Phi) is 16.1. The molecule has 0 aliphatic carbocycles. The van der Waals surface area contributed by atoms with Gasteiger partial charge in [-0.25, -0.2) is 0 Å². The minimum Gasteiger partial charge on any atom is -0.278 e. The molecule has 132 valence electrons. The Morgan fingerprint density at radius 2 is 0.955 bits per heavy atom. The highest BCUT2D eigenvalue weighted by Crippen LogP contribution is 2.04. The summed E-state index contributed by atoms with van der Waals surface area (Å²) in [5.41, 5.74) is 0. The number of unbranched alkanes of at least 4 members (excludes halogenated alkanes) is 10. The van der Waals surface area contributed by atoms with Crippen molar-refractivity contribution in [3.63, 3.8) is 0 Å². The topological polar surface area (TPSA) is 27.1 Å². The summed E-state index contributed by atoms with van der Waals surface area (Å²) in [6.45, 7) is 6.72. The molecule has 0 aliphatic rings. The molecule has 0 radical (unpaired) electrons. The molecular weight excluding hydrogens is 270 g/mol. The Labute approximate surface area is 140 Å². The van der Waals surface area contributed by atoms with Gasteiger partial charge in [-0.1, -0.05) is 78.1 Å². The first-order valence-corrected chi connectivity index (χ1v) is 9.74. The van der Waals surface area contributed by atoms with Crippen molar-refractivity contribution in [3.8, 4) is 0 Å². The first kappa shape index (κ1) is 21.3. The third kappa shape index (κ3) is 14.2. The average Bonchev–Trinajstić information content (AvgIpc) is 2.50. The molecule has 0 unspecified atom stereocenters. The van der Waals surface area contributed by atoms with E-state index in [1.807, 2.05) is 0 Å². The van der Waals surface area contributed by atoms with Crippen LogP contribution in [0.4, 0.5) is 0 Å². The van der Waals surface area contributed by atoms with Crippen molar-refractivity contribution in [2.75, 3.05) is 27.2 Å². The molecular formula is C19H42N3+. The minimum atomic E-state index is 1.09. The van der Waals surface area contributed by atoms with Gasteiger partial charge >= 0.3 is 5.96 Å². The summed E-state index contributed by atoms with van der Waals surface area (Å²) < 4.78 is 2.16. The molecule has 0 amide bonds. The Balaban J connectivity index is 3.57. The first-order chi connectivity index (χ1) is 10.7. The second kappa shape index (κ2) is 16.6. The SMILES string of the molecule is CCCCCCCCNC(NCCCCCCCC)=[N+](C)C. The molecule has 0 saturated heterocycles. The maximum Gasteiger partial charge on any atom is 0.345 e. The Morgan fingerprint density at radius 1 is 0.591 bits per heavy atom. The number of rotatable bonds is 14. The lowest BCUT2D eigenvalue weighted by atomic mass is 10.1. The van der Waals surface area contributed by atoms with Crippen LogP contribution >= 0.6 is 0 Å². The summed E-state index contributed by atoms with van der Waals surface area (Å²) >= 11 is 0. The van der Waals surface area contributed by atoms with Gasteiger partial charge in [0, 0.05) is 0 Å². The number of nitrogens with zero attached hydrogens (tertiary/aromatic N) is 1. The van der Waals surface area contributed by atoms with Gasteiger partial charge < -0.3 is 0 Å². The molecule has 0 aromatic heterocycles. The summed E-state index contributed by atoms with van der Waals surface area (Å²) in [6.07, 6.45) is 16.3. The Bertz CT molecular complexity index is 237. The van der Waals surface area contributed by atoms with Gasteiger partial charge in [-0.2, -0.15) is 0 Å². The van der Waals surface area contributed by atoms with Crippen LogP contribution < -0.4 is 10.6 Å². The van der Waals surface area contributed by atoms with Gasteiger partial charge in [-0.3, -0.25) is 15.2 Å². The predicted octanol–water partition coefficient (Wildman–Crippen LogP) is 4.51. The van der Waals surface area contributed by atoms with Gasteiger partial charge in [0.2, 0.25) is 0 Å². The van der Waals surface area contributed by atoms with Crippen molar-refractivity contribution in [2.45, 2.75) is 90.9 Å². The molecule has 3 heteroatoms. The standard InChI is InChI=1S/C19H41N3/c1-5-7-9-11-13-15-17-20-19(22(3)4)21-18-16-14-12-10-8-6-2/h5-18H2,1-4H3,(H,20,21)/p+1. The van der Waals surface area contributed by atoms with Crippen LogP contribution in [0.15, 0.2) is 0 Å². The van der Waals surface area contributed by atoms with Crippen molar-refractivity contribution >= 4 is 5.96 Å². The molecule has 22 heavy (non-hydrogen) atoms. The third-order valence-corrected chi connectivity index (χ3v) is 4.09. The highest BCUT2D eigenvalue weighted by atomic mass is 15.2. The van der Waals surface area contributed by atoms with E-state index in [2.05, 4.69) is 43.2 Å². The van der Waals surface area contributed by atoms with E-state index in [0.717, 1.165) is 13.1 Å². The van der Waals surface area contributed by atoms with Crippen LogP contribution in [-0.4, -0.2) is 37.7 Å². The van der Waals surface area contributed by atoms with Crippen LogP contribution in [-0.2, 0) is 0 Å².